The van der Waals surface area contributed by atoms with E-state index >= 15 is 0 Å². The van der Waals surface area contributed by atoms with E-state index in [1.165, 1.54) is 32.1 Å². The molecule has 0 aromatic carbocycles. The zero-order chi connectivity index (χ0) is 7.84. The first kappa shape index (κ1) is 7.56. The molecule has 0 spiro atoms. The first-order chi connectivity index (χ1) is 5.27. The molecule has 2 bridgehead atoms. The Labute approximate surface area is 68.7 Å². The first-order valence-electron chi connectivity index (χ1n) is 4.75. The number of piperidine rings is 2. The summed E-state index contributed by atoms with van der Waals surface area (Å²) < 4.78 is 0. The Morgan fingerprint density at radius 2 is 1.73 bits per heavy atom. The van der Waals surface area contributed by atoms with Gasteiger partial charge in [-0.25, -0.2) is 0 Å². The second kappa shape index (κ2) is 2.76. The molecule has 2 fully saturated rings. The standard InChI is InChI=1S/C9H18N2/c1-11-8-3-2-4-9(11)6-7(10)5-8/h7-9H,2-6,10H2,1H3/t7?,8-,9+. The van der Waals surface area contributed by atoms with Crippen LogP contribution in [0.2, 0.25) is 0 Å². The van der Waals surface area contributed by atoms with E-state index in [4.69, 9.17) is 5.73 Å². The van der Waals surface area contributed by atoms with Gasteiger partial charge >= 0.3 is 0 Å². The highest BCUT2D eigenvalue weighted by Gasteiger charge is 2.34. The molecule has 2 rings (SSSR count). The van der Waals surface area contributed by atoms with Gasteiger partial charge in [0.05, 0.1) is 0 Å². The number of rotatable bonds is 0. The third-order valence-corrected chi connectivity index (χ3v) is 3.38. The van der Waals surface area contributed by atoms with Crippen molar-refractivity contribution in [2.45, 2.75) is 50.2 Å². The topological polar surface area (TPSA) is 29.3 Å². The lowest BCUT2D eigenvalue weighted by molar-refractivity contribution is 0.0570. The molecule has 2 heteroatoms. The third-order valence-electron chi connectivity index (χ3n) is 3.38. The van der Waals surface area contributed by atoms with Crippen molar-refractivity contribution < 1.29 is 0 Å². The van der Waals surface area contributed by atoms with Crippen molar-refractivity contribution in [2.75, 3.05) is 7.05 Å². The van der Waals surface area contributed by atoms with E-state index in [0.29, 0.717) is 6.04 Å². The summed E-state index contributed by atoms with van der Waals surface area (Å²) in [6.07, 6.45) is 6.63. The lowest BCUT2D eigenvalue weighted by atomic mass is 9.83. The quantitative estimate of drug-likeness (QED) is 0.563. The van der Waals surface area contributed by atoms with Gasteiger partial charge in [0.25, 0.3) is 0 Å². The van der Waals surface area contributed by atoms with E-state index in [1.54, 1.807) is 0 Å². The molecular weight excluding hydrogens is 136 g/mol. The van der Waals surface area contributed by atoms with Crippen LogP contribution >= 0.6 is 0 Å². The molecule has 0 saturated carbocycles. The fourth-order valence-electron chi connectivity index (χ4n) is 2.66. The molecule has 2 aliphatic rings. The van der Waals surface area contributed by atoms with E-state index in [1.807, 2.05) is 0 Å². The summed E-state index contributed by atoms with van der Waals surface area (Å²) in [5.41, 5.74) is 5.96. The predicted molar refractivity (Wildman–Crippen MR) is 46.4 cm³/mol. The van der Waals surface area contributed by atoms with Crippen molar-refractivity contribution in [2.24, 2.45) is 5.73 Å². The van der Waals surface area contributed by atoms with Gasteiger partial charge in [0, 0.05) is 18.1 Å². The molecule has 0 amide bonds. The smallest absolute Gasteiger partial charge is 0.0110 e. The van der Waals surface area contributed by atoms with Crippen LogP contribution in [0, 0.1) is 0 Å². The maximum Gasteiger partial charge on any atom is 0.0110 e. The van der Waals surface area contributed by atoms with Crippen molar-refractivity contribution in [1.29, 1.82) is 0 Å². The van der Waals surface area contributed by atoms with Gasteiger partial charge in [-0.05, 0) is 32.7 Å². The highest BCUT2D eigenvalue weighted by atomic mass is 15.2. The van der Waals surface area contributed by atoms with Gasteiger partial charge in [-0.15, -0.1) is 0 Å². The predicted octanol–water partition coefficient (Wildman–Crippen LogP) is 0.960. The molecule has 2 saturated heterocycles. The van der Waals surface area contributed by atoms with Gasteiger partial charge in [-0.1, -0.05) is 6.42 Å². The molecule has 64 valence electrons. The Hall–Kier alpha value is -0.0800. The zero-order valence-corrected chi connectivity index (χ0v) is 7.29. The zero-order valence-electron chi connectivity index (χ0n) is 7.29. The first-order valence-corrected chi connectivity index (χ1v) is 4.75. The van der Waals surface area contributed by atoms with Crippen LogP contribution in [0.15, 0.2) is 0 Å². The summed E-state index contributed by atoms with van der Waals surface area (Å²) in [5, 5.41) is 0. The van der Waals surface area contributed by atoms with Crippen LogP contribution in [0.1, 0.15) is 32.1 Å². The van der Waals surface area contributed by atoms with Crippen molar-refractivity contribution in [3.63, 3.8) is 0 Å². The van der Waals surface area contributed by atoms with Crippen LogP contribution in [0.25, 0.3) is 0 Å². The molecule has 0 radical (unpaired) electrons. The highest BCUT2D eigenvalue weighted by Crippen LogP contribution is 2.31. The Kier molecular flexibility index (Phi) is 1.90. The summed E-state index contributed by atoms with van der Waals surface area (Å²) in [7, 11) is 2.26. The van der Waals surface area contributed by atoms with E-state index < -0.39 is 0 Å². The SMILES string of the molecule is CN1[C@@H]2CCC[C@H]1CC(N)C2. The fourth-order valence-corrected chi connectivity index (χ4v) is 2.66. The van der Waals surface area contributed by atoms with E-state index in [0.717, 1.165) is 12.1 Å². The summed E-state index contributed by atoms with van der Waals surface area (Å²) in [5.74, 6) is 0. The van der Waals surface area contributed by atoms with E-state index in [9.17, 15) is 0 Å². The average molecular weight is 154 g/mol. The summed E-state index contributed by atoms with van der Waals surface area (Å²) in [6.45, 7) is 0. The lowest BCUT2D eigenvalue weighted by Gasteiger charge is -2.46. The van der Waals surface area contributed by atoms with Gasteiger partial charge in [-0.2, -0.15) is 0 Å². The second-order valence-corrected chi connectivity index (χ2v) is 4.14. The molecule has 2 nitrogen and oxygen atoms in total. The molecule has 2 N–H and O–H groups in total. The minimum Gasteiger partial charge on any atom is -0.328 e. The minimum atomic E-state index is 0.487. The molecule has 2 heterocycles. The largest absolute Gasteiger partial charge is 0.328 e. The number of fused-ring (bicyclic) bond motifs is 2. The fraction of sp³-hybridized carbons (Fsp3) is 1.00. The molecule has 3 atom stereocenters. The molecule has 0 aromatic rings. The Balaban J connectivity index is 2.07. The molecule has 1 unspecified atom stereocenters. The molecule has 0 aliphatic carbocycles. The molecule has 2 aliphatic heterocycles. The van der Waals surface area contributed by atoms with Crippen molar-refractivity contribution >= 4 is 0 Å². The van der Waals surface area contributed by atoms with Crippen LogP contribution in [0.3, 0.4) is 0 Å². The highest BCUT2D eigenvalue weighted by molar-refractivity contribution is 4.91. The maximum atomic E-state index is 5.96. The molecule has 0 aromatic heterocycles. The van der Waals surface area contributed by atoms with Crippen molar-refractivity contribution in [1.82, 2.24) is 4.90 Å². The van der Waals surface area contributed by atoms with Gasteiger partial charge < -0.3 is 10.6 Å². The van der Waals surface area contributed by atoms with Gasteiger partial charge in [0.15, 0.2) is 0 Å². The van der Waals surface area contributed by atoms with Crippen LogP contribution in [-0.2, 0) is 0 Å². The normalized spacial score (nSPS) is 45.8. The summed E-state index contributed by atoms with van der Waals surface area (Å²) >= 11 is 0. The number of nitrogens with zero attached hydrogens (tertiary/aromatic N) is 1. The van der Waals surface area contributed by atoms with Gasteiger partial charge in [0.2, 0.25) is 0 Å². The Morgan fingerprint density at radius 1 is 1.18 bits per heavy atom. The third kappa shape index (κ3) is 1.30. The van der Waals surface area contributed by atoms with E-state index in [2.05, 4.69) is 11.9 Å². The van der Waals surface area contributed by atoms with Crippen molar-refractivity contribution in [3.8, 4) is 0 Å². The van der Waals surface area contributed by atoms with Crippen LogP contribution < -0.4 is 5.73 Å². The minimum absolute atomic E-state index is 0.487. The monoisotopic (exact) mass is 154 g/mol. The van der Waals surface area contributed by atoms with E-state index in [-0.39, 0.29) is 0 Å². The average Bonchev–Trinajstić information content (AvgIpc) is 1.92. The Morgan fingerprint density at radius 3 is 2.27 bits per heavy atom. The van der Waals surface area contributed by atoms with Crippen LogP contribution in [0.4, 0.5) is 0 Å². The van der Waals surface area contributed by atoms with Gasteiger partial charge in [-0.3, -0.25) is 0 Å². The second-order valence-electron chi connectivity index (χ2n) is 4.14. The molecule has 11 heavy (non-hydrogen) atoms. The lowest BCUT2D eigenvalue weighted by Crippen LogP contribution is -2.53. The van der Waals surface area contributed by atoms with Gasteiger partial charge in [0.1, 0.15) is 0 Å². The van der Waals surface area contributed by atoms with Crippen LogP contribution in [-0.4, -0.2) is 30.1 Å². The summed E-state index contributed by atoms with van der Waals surface area (Å²) in [6, 6.07) is 2.09. The van der Waals surface area contributed by atoms with Crippen LogP contribution in [0.5, 0.6) is 0 Å². The molecular formula is C9H18N2. The maximum absolute atomic E-state index is 5.96. The summed E-state index contributed by atoms with van der Waals surface area (Å²) in [4.78, 5) is 2.55. The number of nitrogens with two attached hydrogens (primary N) is 1. The van der Waals surface area contributed by atoms with Crippen molar-refractivity contribution in [3.05, 3.63) is 0 Å². The number of hydrogen-bond acceptors (Lipinski definition) is 2. The Bertz CT molecular complexity index is 132. The number of hydrogen-bond donors (Lipinski definition) is 1.